The van der Waals surface area contributed by atoms with Crippen LogP contribution < -0.4 is 11.2 Å². The van der Waals surface area contributed by atoms with Gasteiger partial charge in [0.15, 0.2) is 0 Å². The summed E-state index contributed by atoms with van der Waals surface area (Å²) in [5.74, 6) is 0.279. The molecule has 1 heterocycles. The first-order chi connectivity index (χ1) is 7.41. The minimum absolute atomic E-state index is 0.0383. The number of nitrogens with zero attached hydrogens (tertiary/aromatic N) is 1. The second-order valence-electron chi connectivity index (χ2n) is 4.60. The maximum absolute atomic E-state index is 11.7. The number of amides is 1. The summed E-state index contributed by atoms with van der Waals surface area (Å²) >= 11 is 0. The van der Waals surface area contributed by atoms with Crippen LogP contribution in [0.1, 0.15) is 31.7 Å². The molecule has 0 aliphatic carbocycles. The first-order valence-electron chi connectivity index (χ1n) is 5.62. The zero-order chi connectivity index (χ0) is 12.3. The molecule has 0 radical (unpaired) electrons. The number of carbonyl (C=O) groups excluding carboxylic acids is 1. The molecule has 0 aliphatic heterocycles. The van der Waals surface area contributed by atoms with Gasteiger partial charge in [0.2, 0.25) is 5.91 Å². The Hall–Kier alpha value is -1.29. The lowest BCUT2D eigenvalue weighted by Crippen LogP contribution is -2.34. The van der Waals surface area contributed by atoms with E-state index in [0.717, 1.165) is 11.4 Å². The Morgan fingerprint density at radius 1 is 1.38 bits per heavy atom. The lowest BCUT2D eigenvalue weighted by molar-refractivity contribution is -0.117. The molecule has 90 valence electrons. The van der Waals surface area contributed by atoms with Crippen LogP contribution in [0.5, 0.6) is 0 Å². The molecule has 1 aromatic heterocycles. The van der Waals surface area contributed by atoms with Crippen molar-refractivity contribution in [2.24, 2.45) is 11.7 Å². The molecule has 1 rings (SSSR count). The number of hydrogen-bond acceptors (Lipinski definition) is 2. The van der Waals surface area contributed by atoms with E-state index in [-0.39, 0.29) is 11.9 Å². The molecule has 0 spiro atoms. The number of aromatic nitrogens is 1. The SMILES string of the molecule is Cc1ccc(C)n1NC(=O)CC(N)C(C)C. The summed E-state index contributed by atoms with van der Waals surface area (Å²) < 4.78 is 1.79. The van der Waals surface area contributed by atoms with Crippen molar-refractivity contribution in [3.05, 3.63) is 23.5 Å². The first-order valence-corrected chi connectivity index (χ1v) is 5.62. The van der Waals surface area contributed by atoms with E-state index in [0.29, 0.717) is 12.3 Å². The summed E-state index contributed by atoms with van der Waals surface area (Å²) in [7, 11) is 0. The lowest BCUT2D eigenvalue weighted by atomic mass is 10.0. The molecule has 0 fully saturated rings. The van der Waals surface area contributed by atoms with E-state index in [2.05, 4.69) is 5.43 Å². The van der Waals surface area contributed by atoms with Crippen LogP contribution >= 0.6 is 0 Å². The third kappa shape index (κ3) is 3.10. The molecule has 1 atom stereocenters. The highest BCUT2D eigenvalue weighted by Gasteiger charge is 2.13. The van der Waals surface area contributed by atoms with Gasteiger partial charge in [0.1, 0.15) is 0 Å². The fraction of sp³-hybridized carbons (Fsp3) is 0.583. The summed E-state index contributed by atoms with van der Waals surface area (Å²) in [4.78, 5) is 11.7. The van der Waals surface area contributed by atoms with Crippen molar-refractivity contribution in [1.82, 2.24) is 4.68 Å². The van der Waals surface area contributed by atoms with Crippen LogP contribution in [0.3, 0.4) is 0 Å². The predicted molar refractivity (Wildman–Crippen MR) is 65.7 cm³/mol. The van der Waals surface area contributed by atoms with E-state index in [4.69, 9.17) is 5.73 Å². The number of aryl methyl sites for hydroxylation is 2. The molecule has 0 aromatic carbocycles. The van der Waals surface area contributed by atoms with Crippen molar-refractivity contribution >= 4 is 5.91 Å². The molecule has 1 amide bonds. The molecule has 4 nitrogen and oxygen atoms in total. The monoisotopic (exact) mass is 223 g/mol. The number of carbonyl (C=O) groups is 1. The van der Waals surface area contributed by atoms with Crippen LogP contribution in [-0.4, -0.2) is 16.6 Å². The Morgan fingerprint density at radius 3 is 2.31 bits per heavy atom. The Balaban J connectivity index is 2.59. The molecular weight excluding hydrogens is 202 g/mol. The minimum atomic E-state index is -0.0869. The molecule has 0 bridgehead atoms. The molecule has 4 heteroatoms. The van der Waals surface area contributed by atoms with E-state index >= 15 is 0 Å². The van der Waals surface area contributed by atoms with Crippen LogP contribution in [0.25, 0.3) is 0 Å². The standard InChI is InChI=1S/C12H21N3O/c1-8(2)11(13)7-12(16)14-15-9(3)5-6-10(15)4/h5-6,8,11H,7,13H2,1-4H3,(H,14,16). The fourth-order valence-electron chi connectivity index (χ4n) is 1.46. The smallest absolute Gasteiger partial charge is 0.240 e. The van der Waals surface area contributed by atoms with Crippen LogP contribution in [-0.2, 0) is 4.79 Å². The zero-order valence-electron chi connectivity index (χ0n) is 10.4. The van der Waals surface area contributed by atoms with Crippen molar-refractivity contribution < 1.29 is 4.79 Å². The fourth-order valence-corrected chi connectivity index (χ4v) is 1.46. The topological polar surface area (TPSA) is 60.0 Å². The third-order valence-corrected chi connectivity index (χ3v) is 2.79. The van der Waals surface area contributed by atoms with Crippen molar-refractivity contribution in [2.75, 3.05) is 5.43 Å². The van der Waals surface area contributed by atoms with E-state index in [1.165, 1.54) is 0 Å². The summed E-state index contributed by atoms with van der Waals surface area (Å²) in [6, 6.07) is 3.85. The Bertz CT molecular complexity index is 349. The average molecular weight is 223 g/mol. The van der Waals surface area contributed by atoms with E-state index in [9.17, 15) is 4.79 Å². The van der Waals surface area contributed by atoms with E-state index in [1.54, 1.807) is 4.68 Å². The number of rotatable bonds is 4. The maximum atomic E-state index is 11.7. The highest BCUT2D eigenvalue weighted by molar-refractivity contribution is 5.84. The number of nitrogens with one attached hydrogen (secondary N) is 1. The number of nitrogens with two attached hydrogens (primary N) is 1. The Labute approximate surface area is 96.8 Å². The van der Waals surface area contributed by atoms with Crippen LogP contribution in [0.4, 0.5) is 0 Å². The van der Waals surface area contributed by atoms with Gasteiger partial charge >= 0.3 is 0 Å². The molecule has 3 N–H and O–H groups in total. The maximum Gasteiger partial charge on any atom is 0.240 e. The van der Waals surface area contributed by atoms with Gasteiger partial charge in [-0.3, -0.25) is 14.9 Å². The van der Waals surface area contributed by atoms with Crippen molar-refractivity contribution in [3.63, 3.8) is 0 Å². The van der Waals surface area contributed by atoms with Crippen molar-refractivity contribution in [2.45, 2.75) is 40.2 Å². The molecule has 0 aliphatic rings. The van der Waals surface area contributed by atoms with Gasteiger partial charge in [-0.05, 0) is 31.9 Å². The minimum Gasteiger partial charge on any atom is -0.327 e. The lowest BCUT2D eigenvalue weighted by Gasteiger charge is -2.16. The van der Waals surface area contributed by atoms with Gasteiger partial charge in [0.25, 0.3) is 0 Å². The van der Waals surface area contributed by atoms with Crippen molar-refractivity contribution in [1.29, 1.82) is 0 Å². The van der Waals surface area contributed by atoms with Gasteiger partial charge in [0.05, 0.1) is 0 Å². The molecule has 1 aromatic rings. The second kappa shape index (κ2) is 5.16. The molecule has 0 saturated heterocycles. The highest BCUT2D eigenvalue weighted by atomic mass is 16.2. The van der Waals surface area contributed by atoms with Gasteiger partial charge in [-0.25, -0.2) is 0 Å². The van der Waals surface area contributed by atoms with Crippen LogP contribution in [0.2, 0.25) is 0 Å². The predicted octanol–water partition coefficient (Wildman–Crippen LogP) is 1.55. The summed E-state index contributed by atoms with van der Waals surface area (Å²) in [6.45, 7) is 7.94. The van der Waals surface area contributed by atoms with E-state index in [1.807, 2.05) is 39.8 Å². The quantitative estimate of drug-likeness (QED) is 0.813. The second-order valence-corrected chi connectivity index (χ2v) is 4.60. The molecular formula is C12H21N3O. The summed E-state index contributed by atoms with van der Waals surface area (Å²) in [5.41, 5.74) is 10.7. The Morgan fingerprint density at radius 2 is 1.88 bits per heavy atom. The summed E-state index contributed by atoms with van der Waals surface area (Å²) in [5, 5.41) is 0. The highest BCUT2D eigenvalue weighted by Crippen LogP contribution is 2.06. The van der Waals surface area contributed by atoms with E-state index < -0.39 is 0 Å². The summed E-state index contributed by atoms with van der Waals surface area (Å²) in [6.07, 6.45) is 0.356. The first kappa shape index (κ1) is 12.8. The average Bonchev–Trinajstić information content (AvgIpc) is 2.49. The molecule has 0 saturated carbocycles. The zero-order valence-corrected chi connectivity index (χ0v) is 10.4. The molecule has 1 unspecified atom stereocenters. The normalized spacial score (nSPS) is 12.9. The van der Waals surface area contributed by atoms with Gasteiger partial charge in [-0.2, -0.15) is 0 Å². The van der Waals surface area contributed by atoms with Crippen molar-refractivity contribution in [3.8, 4) is 0 Å². The molecule has 16 heavy (non-hydrogen) atoms. The van der Waals surface area contributed by atoms with Gasteiger partial charge in [-0.15, -0.1) is 0 Å². The van der Waals surface area contributed by atoms with Crippen LogP contribution in [0, 0.1) is 19.8 Å². The largest absolute Gasteiger partial charge is 0.327 e. The number of hydrogen-bond donors (Lipinski definition) is 2. The Kier molecular flexibility index (Phi) is 4.12. The van der Waals surface area contributed by atoms with Gasteiger partial charge in [0, 0.05) is 23.9 Å². The van der Waals surface area contributed by atoms with Gasteiger partial charge < -0.3 is 5.73 Å². The van der Waals surface area contributed by atoms with Crippen LogP contribution in [0.15, 0.2) is 12.1 Å². The van der Waals surface area contributed by atoms with Gasteiger partial charge in [-0.1, -0.05) is 13.8 Å². The third-order valence-electron chi connectivity index (χ3n) is 2.79.